The number of morpholine rings is 1. The molecule has 29 heavy (non-hydrogen) atoms. The van der Waals surface area contributed by atoms with Gasteiger partial charge in [0.2, 0.25) is 0 Å². The van der Waals surface area contributed by atoms with Gasteiger partial charge in [0.1, 0.15) is 24.9 Å². The average Bonchev–Trinajstić information content (AvgIpc) is 2.75. The Hall–Kier alpha value is -3.10. The van der Waals surface area contributed by atoms with Gasteiger partial charge in [0, 0.05) is 35.1 Å². The molecule has 0 radical (unpaired) electrons. The summed E-state index contributed by atoms with van der Waals surface area (Å²) in [5, 5.41) is 16.0. The SMILES string of the molecule is O=[N+]([O-])c1ccc(NC[C@@H](c2ccc(F)cc2)[NH+]2CCOCC2)c2ccncc12. The first-order valence-electron chi connectivity index (χ1n) is 9.56. The zero-order valence-electron chi connectivity index (χ0n) is 15.8. The maximum atomic E-state index is 13.4. The summed E-state index contributed by atoms with van der Waals surface area (Å²) < 4.78 is 18.9. The molecule has 3 aromatic rings. The number of halogens is 1. The van der Waals surface area contributed by atoms with Gasteiger partial charge >= 0.3 is 0 Å². The molecule has 0 spiro atoms. The number of hydrogen-bond donors (Lipinski definition) is 2. The van der Waals surface area contributed by atoms with Crippen LogP contribution in [0.2, 0.25) is 0 Å². The van der Waals surface area contributed by atoms with Crippen LogP contribution in [0.3, 0.4) is 0 Å². The number of fused-ring (bicyclic) bond motifs is 1. The average molecular weight is 397 g/mol. The Morgan fingerprint density at radius 1 is 1.14 bits per heavy atom. The molecule has 0 saturated carbocycles. The van der Waals surface area contributed by atoms with Crippen molar-refractivity contribution in [3.63, 3.8) is 0 Å². The summed E-state index contributed by atoms with van der Waals surface area (Å²) in [6, 6.07) is 11.7. The molecule has 2 N–H and O–H groups in total. The molecule has 1 aliphatic heterocycles. The minimum Gasteiger partial charge on any atom is -0.378 e. The van der Waals surface area contributed by atoms with E-state index in [0.717, 1.165) is 29.7 Å². The summed E-state index contributed by atoms with van der Waals surface area (Å²) >= 11 is 0. The third-order valence-electron chi connectivity index (χ3n) is 5.39. The molecule has 0 bridgehead atoms. The molecule has 4 rings (SSSR count). The van der Waals surface area contributed by atoms with Crippen LogP contribution in [-0.4, -0.2) is 42.8 Å². The lowest BCUT2D eigenvalue weighted by Gasteiger charge is -2.32. The van der Waals surface area contributed by atoms with E-state index in [0.29, 0.717) is 25.1 Å². The van der Waals surface area contributed by atoms with E-state index in [-0.39, 0.29) is 17.5 Å². The number of nitrogens with one attached hydrogen (secondary N) is 2. The Kier molecular flexibility index (Phi) is 5.64. The van der Waals surface area contributed by atoms with Crippen molar-refractivity contribution < 1.29 is 19.0 Å². The van der Waals surface area contributed by atoms with E-state index in [1.165, 1.54) is 29.3 Å². The largest absolute Gasteiger partial charge is 0.378 e. The standard InChI is InChI=1S/C21H21FN4O3/c22-16-3-1-15(2-4-16)21(25-9-11-29-12-10-25)14-24-19-5-6-20(26(27)28)18-13-23-8-7-17(18)19/h1-8,13,21,24H,9-12,14H2/p+1/t21-/m0/s1. The van der Waals surface area contributed by atoms with E-state index in [2.05, 4.69) is 10.3 Å². The van der Waals surface area contributed by atoms with Gasteiger partial charge in [-0.25, -0.2) is 4.39 Å². The highest BCUT2D eigenvalue weighted by atomic mass is 19.1. The van der Waals surface area contributed by atoms with Crippen LogP contribution in [0.1, 0.15) is 11.6 Å². The Labute approximate surface area is 167 Å². The van der Waals surface area contributed by atoms with Crippen LogP contribution >= 0.6 is 0 Å². The summed E-state index contributed by atoms with van der Waals surface area (Å²) in [5.74, 6) is -0.258. The molecule has 0 amide bonds. The highest BCUT2D eigenvalue weighted by Crippen LogP contribution is 2.31. The highest BCUT2D eigenvalue weighted by molar-refractivity contribution is 5.99. The molecule has 150 valence electrons. The van der Waals surface area contributed by atoms with Crippen molar-refractivity contribution >= 4 is 22.1 Å². The zero-order chi connectivity index (χ0) is 20.2. The van der Waals surface area contributed by atoms with Crippen molar-refractivity contribution in [2.24, 2.45) is 0 Å². The molecule has 1 saturated heterocycles. The van der Waals surface area contributed by atoms with Crippen molar-refractivity contribution in [2.75, 3.05) is 38.2 Å². The lowest BCUT2D eigenvalue weighted by molar-refractivity contribution is -0.937. The lowest BCUT2D eigenvalue weighted by Crippen LogP contribution is -3.14. The van der Waals surface area contributed by atoms with Crippen molar-refractivity contribution in [1.29, 1.82) is 0 Å². The first kappa shape index (κ1) is 19.2. The van der Waals surface area contributed by atoms with Crippen molar-refractivity contribution in [2.45, 2.75) is 6.04 Å². The molecule has 1 fully saturated rings. The Morgan fingerprint density at radius 3 is 2.62 bits per heavy atom. The fourth-order valence-electron chi connectivity index (χ4n) is 3.88. The summed E-state index contributed by atoms with van der Waals surface area (Å²) in [5.41, 5.74) is 1.89. The van der Waals surface area contributed by atoms with Gasteiger partial charge in [-0.3, -0.25) is 15.1 Å². The van der Waals surface area contributed by atoms with Gasteiger partial charge in [0.05, 0.1) is 30.1 Å². The molecule has 0 unspecified atom stereocenters. The first-order chi connectivity index (χ1) is 14.1. The number of hydrogen-bond acceptors (Lipinski definition) is 5. The molecule has 8 heteroatoms. The number of nitrogens with zero attached hydrogens (tertiary/aromatic N) is 2. The molecular weight excluding hydrogens is 375 g/mol. The third-order valence-corrected chi connectivity index (χ3v) is 5.39. The quantitative estimate of drug-likeness (QED) is 0.493. The monoisotopic (exact) mass is 397 g/mol. The van der Waals surface area contributed by atoms with Gasteiger partial charge in [0.25, 0.3) is 5.69 Å². The predicted molar refractivity (Wildman–Crippen MR) is 108 cm³/mol. The number of anilines is 1. The fourth-order valence-corrected chi connectivity index (χ4v) is 3.88. The maximum absolute atomic E-state index is 13.4. The number of non-ortho nitro benzene ring substituents is 1. The van der Waals surface area contributed by atoms with E-state index in [1.807, 2.05) is 12.1 Å². The van der Waals surface area contributed by atoms with Gasteiger partial charge < -0.3 is 15.0 Å². The van der Waals surface area contributed by atoms with Gasteiger partial charge in [-0.2, -0.15) is 0 Å². The molecule has 1 atom stereocenters. The third kappa shape index (κ3) is 4.18. The second-order valence-corrected chi connectivity index (χ2v) is 7.07. The van der Waals surface area contributed by atoms with Gasteiger partial charge in [-0.15, -0.1) is 0 Å². The number of rotatable bonds is 6. The molecule has 7 nitrogen and oxygen atoms in total. The van der Waals surface area contributed by atoms with Crippen LogP contribution in [0.5, 0.6) is 0 Å². The molecular formula is C21H22FN4O3+. The minimum absolute atomic E-state index is 0.0348. The summed E-state index contributed by atoms with van der Waals surface area (Å²) in [6.45, 7) is 3.73. The number of nitro benzene ring substituents is 1. The van der Waals surface area contributed by atoms with Gasteiger partial charge in [-0.1, -0.05) is 12.1 Å². The van der Waals surface area contributed by atoms with E-state index < -0.39 is 4.92 Å². The van der Waals surface area contributed by atoms with E-state index in [4.69, 9.17) is 4.74 Å². The summed E-state index contributed by atoms with van der Waals surface area (Å²) in [6.07, 6.45) is 3.14. The van der Waals surface area contributed by atoms with Crippen molar-refractivity contribution in [3.05, 3.63) is 76.4 Å². The number of pyridine rings is 1. The smallest absolute Gasteiger partial charge is 0.278 e. The molecule has 2 heterocycles. The molecule has 1 aromatic heterocycles. The maximum Gasteiger partial charge on any atom is 0.278 e. The van der Waals surface area contributed by atoms with Crippen LogP contribution in [0.25, 0.3) is 10.8 Å². The van der Waals surface area contributed by atoms with E-state index in [9.17, 15) is 14.5 Å². The normalized spacial score (nSPS) is 15.9. The number of quaternary nitrogens is 1. The Bertz CT molecular complexity index is 1010. The summed E-state index contributed by atoms with van der Waals surface area (Å²) in [4.78, 5) is 16.3. The van der Waals surface area contributed by atoms with Crippen LogP contribution in [0, 0.1) is 15.9 Å². The topological polar surface area (TPSA) is 81.7 Å². The van der Waals surface area contributed by atoms with Gasteiger partial charge in [0.15, 0.2) is 0 Å². The van der Waals surface area contributed by atoms with Crippen LogP contribution in [-0.2, 0) is 4.74 Å². The second-order valence-electron chi connectivity index (χ2n) is 7.07. The van der Waals surface area contributed by atoms with Crippen LogP contribution < -0.4 is 10.2 Å². The second kappa shape index (κ2) is 8.50. The Balaban J connectivity index is 1.63. The number of ether oxygens (including phenoxy) is 1. The van der Waals surface area contributed by atoms with Crippen molar-refractivity contribution in [1.82, 2.24) is 4.98 Å². The summed E-state index contributed by atoms with van der Waals surface area (Å²) in [7, 11) is 0. The van der Waals surface area contributed by atoms with Crippen LogP contribution in [0.15, 0.2) is 54.9 Å². The van der Waals surface area contributed by atoms with E-state index >= 15 is 0 Å². The van der Waals surface area contributed by atoms with Gasteiger partial charge in [-0.05, 0) is 24.3 Å². The molecule has 2 aromatic carbocycles. The molecule has 1 aliphatic rings. The highest BCUT2D eigenvalue weighted by Gasteiger charge is 2.26. The van der Waals surface area contributed by atoms with Crippen molar-refractivity contribution in [3.8, 4) is 0 Å². The number of benzene rings is 2. The Morgan fingerprint density at radius 2 is 1.90 bits per heavy atom. The van der Waals surface area contributed by atoms with E-state index in [1.54, 1.807) is 18.3 Å². The first-order valence-corrected chi connectivity index (χ1v) is 9.56. The number of aromatic nitrogens is 1. The molecule has 0 aliphatic carbocycles. The fraction of sp³-hybridized carbons (Fsp3) is 0.286. The predicted octanol–water partition coefficient (Wildman–Crippen LogP) is 2.35. The van der Waals surface area contributed by atoms with Crippen LogP contribution in [0.4, 0.5) is 15.8 Å². The number of nitro groups is 1. The lowest BCUT2D eigenvalue weighted by atomic mass is 10.0. The minimum atomic E-state index is -0.396. The zero-order valence-corrected chi connectivity index (χ0v) is 15.8.